The highest BCUT2D eigenvalue weighted by Gasteiger charge is 2.58. The number of ketones is 1. The number of fused-ring (bicyclic) bond motifs is 3. The molecular formula is C36H48N4O4. The van der Waals surface area contributed by atoms with Gasteiger partial charge in [0.25, 0.3) is 5.56 Å². The molecule has 1 aromatic heterocycles. The summed E-state index contributed by atoms with van der Waals surface area (Å²) in [6.07, 6.45) is 15.9. The summed E-state index contributed by atoms with van der Waals surface area (Å²) >= 11 is 0. The average Bonchev–Trinajstić information content (AvgIpc) is 3.41. The average molecular weight is 601 g/mol. The van der Waals surface area contributed by atoms with Crippen molar-refractivity contribution in [2.24, 2.45) is 29.6 Å². The normalized spacial score (nSPS) is 38.4. The van der Waals surface area contributed by atoms with Crippen LogP contribution in [0.25, 0.3) is 11.0 Å². The second-order valence-electron chi connectivity index (χ2n) is 15.7. The molecule has 1 N–H and O–H groups in total. The highest BCUT2D eigenvalue weighted by Crippen LogP contribution is 2.60. The lowest BCUT2D eigenvalue weighted by Gasteiger charge is -2.66. The number of aryl methyl sites for hydroxylation is 1. The summed E-state index contributed by atoms with van der Waals surface area (Å²) < 4.78 is 2.13. The monoisotopic (exact) mass is 600 g/mol. The van der Waals surface area contributed by atoms with E-state index < -0.39 is 17.8 Å². The van der Waals surface area contributed by atoms with Gasteiger partial charge in [0, 0.05) is 42.7 Å². The van der Waals surface area contributed by atoms with E-state index in [-0.39, 0.29) is 17.4 Å². The summed E-state index contributed by atoms with van der Waals surface area (Å²) in [4.78, 5) is 48.1. The number of carboxylic acid groups (broad SMARTS) is 1. The molecule has 7 fully saturated rings. The van der Waals surface area contributed by atoms with Gasteiger partial charge in [-0.25, -0.2) is 4.98 Å². The Morgan fingerprint density at radius 1 is 0.909 bits per heavy atom. The van der Waals surface area contributed by atoms with E-state index in [9.17, 15) is 19.5 Å². The lowest BCUT2D eigenvalue weighted by Crippen LogP contribution is -2.68. The molecule has 5 atom stereocenters. The maximum absolute atomic E-state index is 14.3. The van der Waals surface area contributed by atoms with Gasteiger partial charge in [-0.15, -0.1) is 0 Å². The molecular weight excluding hydrogens is 552 g/mol. The van der Waals surface area contributed by atoms with Crippen LogP contribution in [0.2, 0.25) is 0 Å². The van der Waals surface area contributed by atoms with Gasteiger partial charge in [0.05, 0.1) is 17.0 Å². The molecule has 44 heavy (non-hydrogen) atoms. The Bertz CT molecular complexity index is 1450. The minimum Gasteiger partial charge on any atom is -0.481 e. The standard InChI is InChI=1S/C36H48N4O4/c1-22(41)29-20-38(21-30(29)35(43)44)11-5-9-32-34(42)39(33-10-3-2-8-31(33)37-32)28-15-26-6-4-7-27(16-28)40(26)36-17-23-12-24(18-36)14-25(13-23)19-36/h2-3,8,10,23-30H,4-7,9,11-21H2,1H3,(H,43,44)/t23?,24?,25?,26-,27+,28?,29-,30+,36?/m0/s1. The number of nitrogens with zero attached hydrogens (tertiary/aromatic N) is 4. The minimum absolute atomic E-state index is 0.0569. The zero-order chi connectivity index (χ0) is 30.2. The lowest BCUT2D eigenvalue weighted by molar-refractivity contribution is -0.150. The number of Topliss-reactive ketones (excluding diaryl/α,β-unsaturated/α-hetero) is 1. The van der Waals surface area contributed by atoms with Gasteiger partial charge < -0.3 is 14.6 Å². The van der Waals surface area contributed by atoms with Gasteiger partial charge in [0.1, 0.15) is 11.5 Å². The first kappa shape index (κ1) is 28.9. The Balaban J connectivity index is 1.03. The van der Waals surface area contributed by atoms with E-state index in [1.54, 1.807) is 0 Å². The van der Waals surface area contributed by atoms with Crippen LogP contribution in [-0.2, 0) is 16.0 Å². The molecule has 4 heterocycles. The maximum Gasteiger partial charge on any atom is 0.308 e. The molecule has 3 saturated heterocycles. The second kappa shape index (κ2) is 11.0. The number of carboxylic acids is 1. The number of rotatable bonds is 8. The topological polar surface area (TPSA) is 95.7 Å². The fraction of sp³-hybridized carbons (Fsp3) is 0.722. The third-order valence-electron chi connectivity index (χ3n) is 12.9. The van der Waals surface area contributed by atoms with Crippen LogP contribution in [0.4, 0.5) is 0 Å². The van der Waals surface area contributed by atoms with E-state index in [1.165, 1.54) is 64.7 Å². The van der Waals surface area contributed by atoms with Crippen molar-refractivity contribution in [3.63, 3.8) is 0 Å². The highest BCUT2D eigenvalue weighted by molar-refractivity contribution is 5.85. The number of hydrogen-bond donors (Lipinski definition) is 1. The summed E-state index contributed by atoms with van der Waals surface area (Å²) in [7, 11) is 0. The van der Waals surface area contributed by atoms with Gasteiger partial charge in [-0.05, 0) is 120 Å². The molecule has 0 amide bonds. The fourth-order valence-electron chi connectivity index (χ4n) is 11.6. The summed E-state index contributed by atoms with van der Waals surface area (Å²) in [6, 6.07) is 9.48. The van der Waals surface area contributed by atoms with Crippen LogP contribution in [0, 0.1) is 29.6 Å². The van der Waals surface area contributed by atoms with E-state index in [1.807, 2.05) is 18.2 Å². The third-order valence-corrected chi connectivity index (χ3v) is 12.9. The number of likely N-dealkylation sites (tertiary alicyclic amines) is 1. The Kier molecular flexibility index (Phi) is 7.24. The Morgan fingerprint density at radius 2 is 1.55 bits per heavy atom. The van der Waals surface area contributed by atoms with Crippen LogP contribution in [0.5, 0.6) is 0 Å². The quantitative estimate of drug-likeness (QED) is 0.452. The minimum atomic E-state index is -0.897. The zero-order valence-corrected chi connectivity index (χ0v) is 26.2. The molecule has 4 aliphatic carbocycles. The molecule has 236 valence electrons. The van der Waals surface area contributed by atoms with Crippen molar-refractivity contribution in [3.05, 3.63) is 40.3 Å². The fourth-order valence-corrected chi connectivity index (χ4v) is 11.6. The maximum atomic E-state index is 14.3. The lowest BCUT2D eigenvalue weighted by atomic mass is 9.51. The van der Waals surface area contributed by atoms with Gasteiger partial charge in [0.2, 0.25) is 0 Å². The first-order chi connectivity index (χ1) is 21.3. The molecule has 4 saturated carbocycles. The Morgan fingerprint density at radius 3 is 2.16 bits per heavy atom. The molecule has 8 nitrogen and oxygen atoms in total. The number of carbonyl (C=O) groups excluding carboxylic acids is 1. The molecule has 9 rings (SSSR count). The van der Waals surface area contributed by atoms with Crippen molar-refractivity contribution >= 4 is 22.8 Å². The molecule has 3 aliphatic heterocycles. The van der Waals surface area contributed by atoms with Gasteiger partial charge in [-0.3, -0.25) is 19.3 Å². The van der Waals surface area contributed by atoms with Crippen LogP contribution in [0.1, 0.15) is 95.7 Å². The molecule has 1 aromatic carbocycles. The first-order valence-corrected chi connectivity index (χ1v) is 17.5. The van der Waals surface area contributed by atoms with E-state index >= 15 is 0 Å². The smallest absolute Gasteiger partial charge is 0.308 e. The number of aromatic nitrogens is 2. The van der Waals surface area contributed by atoms with E-state index in [0.717, 1.165) is 41.6 Å². The molecule has 2 aromatic rings. The highest BCUT2D eigenvalue weighted by atomic mass is 16.4. The predicted molar refractivity (Wildman–Crippen MR) is 169 cm³/mol. The molecule has 6 bridgehead atoms. The number of aliphatic carboxylic acids is 1. The van der Waals surface area contributed by atoms with Gasteiger partial charge in [-0.2, -0.15) is 0 Å². The molecule has 7 aliphatic rings. The van der Waals surface area contributed by atoms with Gasteiger partial charge in [0.15, 0.2) is 0 Å². The molecule has 0 radical (unpaired) electrons. The Labute approximate surface area is 260 Å². The number of carbonyl (C=O) groups is 2. The largest absolute Gasteiger partial charge is 0.481 e. The third kappa shape index (κ3) is 4.86. The van der Waals surface area contributed by atoms with Gasteiger partial charge in [-0.1, -0.05) is 18.6 Å². The molecule has 1 unspecified atom stereocenters. The predicted octanol–water partition coefficient (Wildman–Crippen LogP) is 5.08. The van der Waals surface area contributed by atoms with Crippen LogP contribution >= 0.6 is 0 Å². The van der Waals surface area contributed by atoms with Crippen LogP contribution in [0.15, 0.2) is 29.1 Å². The summed E-state index contributed by atoms with van der Waals surface area (Å²) in [5.74, 6) is 0.775. The van der Waals surface area contributed by atoms with Crippen LogP contribution in [-0.4, -0.2) is 73.5 Å². The van der Waals surface area contributed by atoms with Crippen molar-refractivity contribution in [2.75, 3.05) is 19.6 Å². The van der Waals surface area contributed by atoms with Crippen molar-refractivity contribution in [2.45, 2.75) is 114 Å². The van der Waals surface area contributed by atoms with Crippen molar-refractivity contribution in [1.82, 2.24) is 19.4 Å². The molecule has 0 spiro atoms. The number of hydrogen-bond acceptors (Lipinski definition) is 6. The van der Waals surface area contributed by atoms with Crippen molar-refractivity contribution < 1.29 is 14.7 Å². The van der Waals surface area contributed by atoms with E-state index in [0.29, 0.717) is 55.8 Å². The van der Waals surface area contributed by atoms with Crippen molar-refractivity contribution in [1.29, 1.82) is 0 Å². The van der Waals surface area contributed by atoms with Gasteiger partial charge >= 0.3 is 5.97 Å². The van der Waals surface area contributed by atoms with E-state index in [2.05, 4.69) is 20.4 Å². The number of para-hydroxylation sites is 2. The first-order valence-electron chi connectivity index (χ1n) is 17.5. The zero-order valence-electron chi connectivity index (χ0n) is 26.2. The van der Waals surface area contributed by atoms with Crippen LogP contribution < -0.4 is 5.56 Å². The Hall–Kier alpha value is -2.58. The number of piperidine rings is 2. The summed E-state index contributed by atoms with van der Waals surface area (Å²) in [6.45, 7) is 3.02. The van der Waals surface area contributed by atoms with E-state index in [4.69, 9.17) is 4.98 Å². The second-order valence-corrected chi connectivity index (χ2v) is 15.7. The van der Waals surface area contributed by atoms with Crippen molar-refractivity contribution in [3.8, 4) is 0 Å². The molecule has 8 heteroatoms. The number of benzene rings is 1. The summed E-state index contributed by atoms with van der Waals surface area (Å²) in [5, 5.41) is 9.62. The SMILES string of the molecule is CC(=O)[C@@H]1CN(CCCc2nc3ccccc3n(C3C[C@H]4CCC[C@@H](C3)N4C34CC5CC(CC(C5)C3)C4)c2=O)C[C@H]1C(=O)O. The van der Waals surface area contributed by atoms with Crippen LogP contribution in [0.3, 0.4) is 0 Å². The summed E-state index contributed by atoms with van der Waals surface area (Å²) in [5.41, 5.74) is 2.94.